The summed E-state index contributed by atoms with van der Waals surface area (Å²) in [6.07, 6.45) is 0.465. The van der Waals surface area contributed by atoms with Gasteiger partial charge in [-0.1, -0.05) is 12.1 Å². The third kappa shape index (κ3) is 1.24. The van der Waals surface area contributed by atoms with Crippen molar-refractivity contribution in [3.8, 4) is 5.75 Å². The largest absolute Gasteiger partial charge is 0.508 e. The van der Waals surface area contributed by atoms with Gasteiger partial charge in [-0.2, -0.15) is 0 Å². The first-order valence-corrected chi connectivity index (χ1v) is 4.35. The molecule has 4 N–H and O–H groups in total. The Kier molecular flexibility index (Phi) is 1.75. The van der Waals surface area contributed by atoms with Crippen molar-refractivity contribution in [3.63, 3.8) is 0 Å². The average molecular weight is 193 g/mol. The van der Waals surface area contributed by atoms with E-state index in [0.717, 1.165) is 5.56 Å². The predicted molar refractivity (Wildman–Crippen MR) is 50.0 cm³/mol. The predicted octanol–water partition coefficient (Wildman–Crippen LogP) is 0.662. The number of carbonyl (C=O) groups is 1. The molecule has 14 heavy (non-hydrogen) atoms. The standard InChI is InChI=1S/C10H11NO3/c11-10(9(13)14)5-8(10)6-1-3-7(12)4-2-6/h1-4,8,12H,5,11H2,(H,13,14)/t8-,10-/m0/s1. The van der Waals surface area contributed by atoms with Gasteiger partial charge in [0.2, 0.25) is 0 Å². The molecule has 0 saturated heterocycles. The molecule has 74 valence electrons. The Labute approximate surface area is 81.0 Å². The minimum absolute atomic E-state index is 0.124. The average Bonchev–Trinajstić information content (AvgIpc) is 2.81. The highest BCUT2D eigenvalue weighted by Gasteiger charge is 2.58. The van der Waals surface area contributed by atoms with Gasteiger partial charge in [0.05, 0.1) is 0 Å². The summed E-state index contributed by atoms with van der Waals surface area (Å²) in [5, 5.41) is 17.9. The van der Waals surface area contributed by atoms with Crippen LogP contribution in [0.4, 0.5) is 0 Å². The van der Waals surface area contributed by atoms with Crippen LogP contribution in [0.15, 0.2) is 24.3 Å². The summed E-state index contributed by atoms with van der Waals surface area (Å²) in [6.45, 7) is 0. The van der Waals surface area contributed by atoms with Crippen molar-refractivity contribution in [2.24, 2.45) is 5.73 Å². The maximum atomic E-state index is 10.8. The van der Waals surface area contributed by atoms with Gasteiger partial charge in [-0.25, -0.2) is 0 Å². The fourth-order valence-electron chi connectivity index (χ4n) is 1.64. The van der Waals surface area contributed by atoms with Crippen LogP contribution in [-0.4, -0.2) is 21.7 Å². The number of hydrogen-bond donors (Lipinski definition) is 3. The second-order valence-corrected chi connectivity index (χ2v) is 3.69. The second kappa shape index (κ2) is 2.72. The van der Waals surface area contributed by atoms with Gasteiger partial charge in [0.15, 0.2) is 0 Å². The number of aliphatic carboxylic acids is 1. The monoisotopic (exact) mass is 193 g/mol. The van der Waals surface area contributed by atoms with E-state index in [0.29, 0.717) is 6.42 Å². The van der Waals surface area contributed by atoms with Crippen molar-refractivity contribution in [3.05, 3.63) is 29.8 Å². The van der Waals surface area contributed by atoms with Gasteiger partial charge < -0.3 is 15.9 Å². The maximum Gasteiger partial charge on any atom is 0.324 e. The fourth-order valence-corrected chi connectivity index (χ4v) is 1.64. The van der Waals surface area contributed by atoms with Crippen molar-refractivity contribution in [1.29, 1.82) is 0 Å². The minimum Gasteiger partial charge on any atom is -0.508 e. The van der Waals surface area contributed by atoms with Gasteiger partial charge in [0.1, 0.15) is 11.3 Å². The Morgan fingerprint density at radius 2 is 2.00 bits per heavy atom. The quantitative estimate of drug-likeness (QED) is 0.644. The van der Waals surface area contributed by atoms with Crippen molar-refractivity contribution < 1.29 is 15.0 Å². The van der Waals surface area contributed by atoms with Crippen LogP contribution in [0, 0.1) is 0 Å². The Hall–Kier alpha value is -1.55. The van der Waals surface area contributed by atoms with Crippen molar-refractivity contribution >= 4 is 5.97 Å². The summed E-state index contributed by atoms with van der Waals surface area (Å²) in [5.41, 5.74) is 5.41. The third-order valence-corrected chi connectivity index (χ3v) is 2.70. The van der Waals surface area contributed by atoms with Crippen LogP contribution in [0.5, 0.6) is 5.75 Å². The normalized spacial score (nSPS) is 29.9. The Morgan fingerprint density at radius 1 is 1.43 bits per heavy atom. The van der Waals surface area contributed by atoms with Crippen LogP contribution in [-0.2, 0) is 4.79 Å². The van der Waals surface area contributed by atoms with Crippen molar-refractivity contribution in [2.45, 2.75) is 17.9 Å². The van der Waals surface area contributed by atoms with Crippen LogP contribution in [0.25, 0.3) is 0 Å². The molecular weight excluding hydrogens is 182 g/mol. The van der Waals surface area contributed by atoms with Gasteiger partial charge in [-0.05, 0) is 24.1 Å². The molecule has 1 aromatic rings. The molecule has 0 spiro atoms. The lowest BCUT2D eigenvalue weighted by atomic mass is 10.1. The van der Waals surface area contributed by atoms with Crippen molar-refractivity contribution in [1.82, 2.24) is 0 Å². The van der Waals surface area contributed by atoms with Crippen LogP contribution < -0.4 is 5.73 Å². The molecule has 0 aliphatic heterocycles. The fraction of sp³-hybridized carbons (Fsp3) is 0.300. The first kappa shape index (κ1) is 9.02. The Balaban J connectivity index is 2.21. The SMILES string of the molecule is N[C@@]1(C(=O)O)C[C@H]1c1ccc(O)cc1. The molecule has 1 aliphatic carbocycles. The lowest BCUT2D eigenvalue weighted by molar-refractivity contribution is -0.139. The summed E-state index contributed by atoms with van der Waals surface area (Å²) in [7, 11) is 0. The van der Waals surface area contributed by atoms with Gasteiger partial charge in [0.25, 0.3) is 0 Å². The molecule has 0 heterocycles. The van der Waals surface area contributed by atoms with E-state index in [1.807, 2.05) is 0 Å². The molecule has 0 radical (unpaired) electrons. The number of rotatable bonds is 2. The number of carboxylic acid groups (broad SMARTS) is 1. The van der Waals surface area contributed by atoms with E-state index < -0.39 is 11.5 Å². The first-order chi connectivity index (χ1) is 6.54. The second-order valence-electron chi connectivity index (χ2n) is 3.69. The molecule has 1 fully saturated rings. The van der Waals surface area contributed by atoms with E-state index in [4.69, 9.17) is 15.9 Å². The molecule has 4 heteroatoms. The molecular formula is C10H11NO3. The van der Waals surface area contributed by atoms with E-state index in [9.17, 15) is 4.79 Å². The zero-order chi connectivity index (χ0) is 10.3. The molecule has 0 amide bonds. The number of phenolic OH excluding ortho intramolecular Hbond substituents is 1. The third-order valence-electron chi connectivity index (χ3n) is 2.70. The summed E-state index contributed by atoms with van der Waals surface area (Å²) in [4.78, 5) is 10.8. The molecule has 0 unspecified atom stereocenters. The molecule has 1 aliphatic rings. The van der Waals surface area contributed by atoms with Crippen molar-refractivity contribution in [2.75, 3.05) is 0 Å². The van der Waals surface area contributed by atoms with E-state index in [1.165, 1.54) is 12.1 Å². The minimum atomic E-state index is -1.10. The first-order valence-electron chi connectivity index (χ1n) is 4.35. The highest BCUT2D eigenvalue weighted by atomic mass is 16.4. The summed E-state index contributed by atoms with van der Waals surface area (Å²) >= 11 is 0. The number of nitrogens with two attached hydrogens (primary N) is 1. The molecule has 1 aromatic carbocycles. The number of phenols is 1. The Morgan fingerprint density at radius 3 is 2.43 bits per heavy atom. The number of carboxylic acids is 1. The van der Waals surface area contributed by atoms with E-state index in [2.05, 4.69) is 0 Å². The molecule has 4 nitrogen and oxygen atoms in total. The highest BCUT2D eigenvalue weighted by molar-refractivity contribution is 5.84. The highest BCUT2D eigenvalue weighted by Crippen LogP contribution is 2.49. The van der Waals surface area contributed by atoms with Gasteiger partial charge in [-0.15, -0.1) is 0 Å². The number of benzene rings is 1. The zero-order valence-electron chi connectivity index (χ0n) is 7.47. The van der Waals surface area contributed by atoms with Gasteiger partial charge >= 0.3 is 5.97 Å². The zero-order valence-corrected chi connectivity index (χ0v) is 7.47. The number of aromatic hydroxyl groups is 1. The topological polar surface area (TPSA) is 83.6 Å². The molecule has 2 atom stereocenters. The van der Waals surface area contributed by atoms with Crippen LogP contribution >= 0.6 is 0 Å². The lowest BCUT2D eigenvalue weighted by Gasteiger charge is -2.05. The summed E-state index contributed by atoms with van der Waals surface area (Å²) in [5.74, 6) is -0.913. The maximum absolute atomic E-state index is 10.8. The van der Waals surface area contributed by atoms with E-state index >= 15 is 0 Å². The van der Waals surface area contributed by atoms with Gasteiger partial charge in [-0.3, -0.25) is 4.79 Å². The molecule has 1 saturated carbocycles. The van der Waals surface area contributed by atoms with Crippen LogP contribution in [0.1, 0.15) is 17.9 Å². The smallest absolute Gasteiger partial charge is 0.324 e. The van der Waals surface area contributed by atoms with Crippen LogP contribution in [0.2, 0.25) is 0 Å². The Bertz CT molecular complexity index is 373. The number of hydrogen-bond acceptors (Lipinski definition) is 3. The molecule has 0 aromatic heterocycles. The van der Waals surface area contributed by atoms with Crippen LogP contribution in [0.3, 0.4) is 0 Å². The van der Waals surface area contributed by atoms with E-state index in [-0.39, 0.29) is 11.7 Å². The molecule has 2 rings (SSSR count). The lowest BCUT2D eigenvalue weighted by Crippen LogP contribution is -2.34. The summed E-state index contributed by atoms with van der Waals surface area (Å²) < 4.78 is 0. The summed E-state index contributed by atoms with van der Waals surface area (Å²) in [6, 6.07) is 6.49. The molecule has 0 bridgehead atoms. The van der Waals surface area contributed by atoms with E-state index in [1.54, 1.807) is 12.1 Å². The van der Waals surface area contributed by atoms with Gasteiger partial charge in [0, 0.05) is 5.92 Å².